The van der Waals surface area contributed by atoms with Crippen molar-refractivity contribution in [2.24, 2.45) is 5.41 Å². The smallest absolute Gasteiger partial charge is 0.409 e. The molecule has 2 aliphatic carbocycles. The lowest BCUT2D eigenvalue weighted by Crippen LogP contribution is -2.66. The second-order valence-electron chi connectivity index (χ2n) is 10.1. The van der Waals surface area contributed by atoms with E-state index in [1.54, 1.807) is 11.9 Å². The van der Waals surface area contributed by atoms with Crippen molar-refractivity contribution in [2.45, 2.75) is 69.1 Å². The van der Waals surface area contributed by atoms with Crippen LogP contribution < -0.4 is 0 Å². The van der Waals surface area contributed by atoms with Crippen LogP contribution in [-0.4, -0.2) is 57.5 Å². The van der Waals surface area contributed by atoms with Gasteiger partial charge in [-0.05, 0) is 61.0 Å². The van der Waals surface area contributed by atoms with Crippen molar-refractivity contribution < 1.29 is 13.7 Å². The Morgan fingerprint density at radius 3 is 2.48 bits per heavy atom. The summed E-state index contributed by atoms with van der Waals surface area (Å²) in [6.07, 6.45) is 3.67. The van der Waals surface area contributed by atoms with E-state index in [2.05, 4.69) is 49.3 Å². The normalized spacial score (nSPS) is 29.7. The SMILES string of the molecule is COC(=O)N(C)C1(C)CC(S(=O)N2CC3(CC(c4cccc(C(C)C)c4)C3)C2)C1. The molecule has 0 aromatic heterocycles. The number of ether oxygens (including phenoxy) is 1. The molecule has 2 saturated carbocycles. The van der Waals surface area contributed by atoms with E-state index in [1.165, 1.54) is 31.1 Å². The molecule has 0 radical (unpaired) electrons. The Balaban J connectivity index is 1.26. The van der Waals surface area contributed by atoms with Gasteiger partial charge in [-0.15, -0.1) is 0 Å². The lowest BCUT2D eigenvalue weighted by atomic mass is 9.57. The molecule has 0 N–H and O–H groups in total. The fourth-order valence-electron chi connectivity index (χ4n) is 5.39. The van der Waals surface area contributed by atoms with E-state index >= 15 is 0 Å². The molecule has 3 aliphatic rings. The third-order valence-corrected chi connectivity index (χ3v) is 9.23. The predicted molar refractivity (Wildman–Crippen MR) is 116 cm³/mol. The van der Waals surface area contributed by atoms with E-state index in [0.717, 1.165) is 25.9 Å². The van der Waals surface area contributed by atoms with Gasteiger partial charge >= 0.3 is 6.09 Å². The summed E-state index contributed by atoms with van der Waals surface area (Å²) in [7, 11) is 2.23. The second kappa shape index (κ2) is 7.38. The predicted octanol–water partition coefficient (Wildman–Crippen LogP) is 4.27. The Kier molecular flexibility index (Phi) is 5.31. The number of rotatable bonds is 5. The van der Waals surface area contributed by atoms with Crippen LogP contribution in [0, 0.1) is 5.41 Å². The van der Waals surface area contributed by atoms with Crippen molar-refractivity contribution >= 4 is 17.1 Å². The van der Waals surface area contributed by atoms with Crippen LogP contribution in [0.2, 0.25) is 0 Å². The number of amides is 1. The van der Waals surface area contributed by atoms with Crippen LogP contribution in [0.1, 0.15) is 69.4 Å². The summed E-state index contributed by atoms with van der Waals surface area (Å²) >= 11 is 0. The monoisotopic (exact) mass is 418 g/mol. The third kappa shape index (κ3) is 3.63. The number of hydrogen-bond acceptors (Lipinski definition) is 3. The third-order valence-electron chi connectivity index (χ3n) is 7.56. The minimum atomic E-state index is -0.940. The second-order valence-corrected chi connectivity index (χ2v) is 11.8. The minimum absolute atomic E-state index is 0.156. The quantitative estimate of drug-likeness (QED) is 0.717. The first-order valence-corrected chi connectivity index (χ1v) is 11.9. The number of methoxy groups -OCH3 is 1. The molecule has 4 rings (SSSR count). The number of carbonyl (C=O) groups is 1. The maximum absolute atomic E-state index is 13.0. The highest BCUT2D eigenvalue weighted by Gasteiger charge is 2.57. The largest absolute Gasteiger partial charge is 0.453 e. The average Bonchev–Trinajstić information content (AvgIpc) is 2.61. The first kappa shape index (κ1) is 20.9. The molecule has 1 spiro atoms. The molecule has 1 heterocycles. The zero-order chi connectivity index (χ0) is 21.0. The van der Waals surface area contributed by atoms with Crippen molar-refractivity contribution in [1.29, 1.82) is 0 Å². The zero-order valence-electron chi connectivity index (χ0n) is 18.3. The Labute approximate surface area is 177 Å². The Hall–Kier alpha value is -1.40. The van der Waals surface area contributed by atoms with Crippen LogP contribution in [0.4, 0.5) is 4.79 Å². The van der Waals surface area contributed by atoms with E-state index < -0.39 is 11.0 Å². The summed E-state index contributed by atoms with van der Waals surface area (Å²) in [6.45, 7) is 8.46. The zero-order valence-corrected chi connectivity index (χ0v) is 19.1. The topological polar surface area (TPSA) is 49.9 Å². The van der Waals surface area contributed by atoms with E-state index in [0.29, 0.717) is 17.3 Å². The van der Waals surface area contributed by atoms with Crippen molar-refractivity contribution in [3.63, 3.8) is 0 Å². The van der Waals surface area contributed by atoms with Crippen LogP contribution in [-0.2, 0) is 15.7 Å². The number of carbonyl (C=O) groups excluding carboxylic acids is 1. The fraction of sp³-hybridized carbons (Fsp3) is 0.696. The van der Waals surface area contributed by atoms with Gasteiger partial charge < -0.3 is 9.64 Å². The molecule has 1 aromatic rings. The van der Waals surface area contributed by atoms with Crippen LogP contribution in [0.3, 0.4) is 0 Å². The molecule has 1 amide bonds. The molecule has 1 unspecified atom stereocenters. The van der Waals surface area contributed by atoms with Gasteiger partial charge in [0.2, 0.25) is 0 Å². The lowest BCUT2D eigenvalue weighted by Gasteiger charge is -2.60. The van der Waals surface area contributed by atoms with Gasteiger partial charge in [-0.2, -0.15) is 0 Å². The summed E-state index contributed by atoms with van der Waals surface area (Å²) < 4.78 is 19.9. The van der Waals surface area contributed by atoms with Crippen molar-refractivity contribution in [1.82, 2.24) is 9.21 Å². The summed E-state index contributed by atoms with van der Waals surface area (Å²) in [5.74, 6) is 1.22. The van der Waals surface area contributed by atoms with E-state index in [1.807, 2.05) is 0 Å². The fourth-order valence-corrected chi connectivity index (χ4v) is 7.61. The molecule has 1 aliphatic heterocycles. The van der Waals surface area contributed by atoms with Gasteiger partial charge in [-0.25, -0.2) is 13.3 Å². The Morgan fingerprint density at radius 2 is 1.90 bits per heavy atom. The van der Waals surface area contributed by atoms with E-state index in [4.69, 9.17) is 4.74 Å². The molecule has 6 heteroatoms. The van der Waals surface area contributed by atoms with Gasteiger partial charge in [0.1, 0.15) is 0 Å². The Morgan fingerprint density at radius 1 is 1.24 bits per heavy atom. The van der Waals surface area contributed by atoms with Gasteiger partial charge in [0.25, 0.3) is 0 Å². The maximum Gasteiger partial charge on any atom is 0.409 e. The first-order chi connectivity index (χ1) is 13.7. The number of nitrogens with zero attached hydrogens (tertiary/aromatic N) is 2. The van der Waals surface area contributed by atoms with Crippen LogP contribution in [0.15, 0.2) is 24.3 Å². The maximum atomic E-state index is 13.0. The highest BCUT2D eigenvalue weighted by molar-refractivity contribution is 7.83. The summed E-state index contributed by atoms with van der Waals surface area (Å²) in [4.78, 5) is 13.4. The van der Waals surface area contributed by atoms with Gasteiger partial charge in [-0.3, -0.25) is 0 Å². The standard InChI is InChI=1S/C23H34N2O3S/c1-16(2)17-7-6-8-18(9-17)19-10-23(11-19)14-25(15-23)29(27)20-12-22(3,13-20)24(4)21(26)28-5/h6-9,16,19-20H,10-15H2,1-5H3. The van der Waals surface area contributed by atoms with Gasteiger partial charge in [0.15, 0.2) is 0 Å². The van der Waals surface area contributed by atoms with E-state index in [9.17, 15) is 9.00 Å². The number of benzene rings is 1. The van der Waals surface area contributed by atoms with Gasteiger partial charge in [0, 0.05) is 25.7 Å². The molecule has 5 nitrogen and oxygen atoms in total. The molecule has 1 atom stereocenters. The summed E-state index contributed by atoms with van der Waals surface area (Å²) in [6, 6.07) is 9.06. The molecule has 0 bridgehead atoms. The van der Waals surface area contributed by atoms with Gasteiger partial charge in [0.05, 0.1) is 23.3 Å². The highest BCUT2D eigenvalue weighted by atomic mass is 32.2. The highest BCUT2D eigenvalue weighted by Crippen LogP contribution is 2.57. The molecular formula is C23H34N2O3S. The van der Waals surface area contributed by atoms with E-state index in [-0.39, 0.29) is 16.9 Å². The van der Waals surface area contributed by atoms with Crippen LogP contribution in [0.5, 0.6) is 0 Å². The summed E-state index contributed by atoms with van der Waals surface area (Å²) in [5, 5.41) is 0.156. The van der Waals surface area contributed by atoms with Crippen molar-refractivity contribution in [2.75, 3.05) is 27.2 Å². The number of hydrogen-bond donors (Lipinski definition) is 0. The molecule has 3 fully saturated rings. The first-order valence-electron chi connectivity index (χ1n) is 10.7. The van der Waals surface area contributed by atoms with Gasteiger partial charge in [-0.1, -0.05) is 38.1 Å². The van der Waals surface area contributed by atoms with Crippen LogP contribution >= 0.6 is 0 Å². The van der Waals surface area contributed by atoms with Crippen molar-refractivity contribution in [3.05, 3.63) is 35.4 Å². The lowest BCUT2D eigenvalue weighted by molar-refractivity contribution is -0.0251. The molecule has 160 valence electrons. The summed E-state index contributed by atoms with van der Waals surface area (Å²) in [5.41, 5.74) is 3.04. The minimum Gasteiger partial charge on any atom is -0.453 e. The average molecular weight is 419 g/mol. The molecule has 1 aromatic carbocycles. The van der Waals surface area contributed by atoms with Crippen LogP contribution in [0.25, 0.3) is 0 Å². The molecule has 29 heavy (non-hydrogen) atoms. The molecular weight excluding hydrogens is 384 g/mol. The molecule has 1 saturated heterocycles. The Bertz CT molecular complexity index is 804. The van der Waals surface area contributed by atoms with Crippen molar-refractivity contribution in [3.8, 4) is 0 Å².